The van der Waals surface area contributed by atoms with Gasteiger partial charge in [-0.15, -0.1) is 0 Å². The Hall–Kier alpha value is -2.49. The van der Waals surface area contributed by atoms with Crippen molar-refractivity contribution in [2.75, 3.05) is 13.6 Å². The molecule has 5 N–H and O–H groups in total. The van der Waals surface area contributed by atoms with Gasteiger partial charge in [0.2, 0.25) is 17.7 Å². The molecule has 0 heterocycles. The number of unbranched alkanes of at least 4 members (excludes halogenated alkanes) is 1. The second-order valence-electron chi connectivity index (χ2n) is 9.06. The summed E-state index contributed by atoms with van der Waals surface area (Å²) in [7, 11) is 1.70. The van der Waals surface area contributed by atoms with Crippen molar-refractivity contribution in [2.24, 2.45) is 11.8 Å². The predicted molar refractivity (Wildman–Crippen MR) is 125 cm³/mol. The topological polar surface area (TPSA) is 154 Å². The average Bonchev–Trinajstić information content (AvgIpc) is 2.73. The lowest BCUT2D eigenvalue weighted by atomic mass is 9.96. The molecule has 10 nitrogen and oxygen atoms in total. The fourth-order valence-electron chi connectivity index (χ4n) is 3.20. The third-order valence-electron chi connectivity index (χ3n) is 5.16. The number of aliphatic carboxylic acids is 1. The summed E-state index contributed by atoms with van der Waals surface area (Å²) in [6.45, 7) is 9.49. The van der Waals surface area contributed by atoms with Crippen LogP contribution >= 0.6 is 0 Å². The van der Waals surface area contributed by atoms with Crippen LogP contribution in [0.3, 0.4) is 0 Å². The summed E-state index contributed by atoms with van der Waals surface area (Å²) >= 11 is 0. The predicted octanol–water partition coefficient (Wildman–Crippen LogP) is 0.986. The van der Waals surface area contributed by atoms with Crippen LogP contribution in [0.2, 0.25) is 0 Å². The van der Waals surface area contributed by atoms with E-state index in [0.717, 1.165) is 0 Å². The molecule has 0 saturated carbocycles. The van der Waals surface area contributed by atoms with Crippen LogP contribution in [0.15, 0.2) is 0 Å². The molecule has 1 unspecified atom stereocenters. The first-order chi connectivity index (χ1) is 15.4. The Kier molecular flexibility index (Phi) is 15.0. The van der Waals surface area contributed by atoms with Crippen LogP contribution in [0, 0.1) is 11.8 Å². The number of carboxylic acids is 1. The molecule has 0 aliphatic rings. The van der Waals surface area contributed by atoms with Crippen molar-refractivity contribution in [2.45, 2.75) is 91.3 Å². The van der Waals surface area contributed by atoms with Gasteiger partial charge in [0, 0.05) is 18.9 Å². The summed E-state index contributed by atoms with van der Waals surface area (Å²) in [6, 6.07) is -1.88. The maximum absolute atomic E-state index is 12.7. The Labute approximate surface area is 197 Å². The van der Waals surface area contributed by atoms with Crippen LogP contribution in [0.4, 0.5) is 0 Å². The van der Waals surface area contributed by atoms with Crippen molar-refractivity contribution in [3.63, 3.8) is 0 Å². The minimum absolute atomic E-state index is 0.0744. The summed E-state index contributed by atoms with van der Waals surface area (Å²) in [4.78, 5) is 59.7. The number of likely N-dealkylation sites (N-methyl/N-ethyl adjacent to an activating group) is 1. The van der Waals surface area contributed by atoms with E-state index in [4.69, 9.17) is 5.11 Å². The number of nitrogens with one attached hydrogen (secondary N) is 4. The molecule has 0 aromatic heterocycles. The van der Waals surface area contributed by atoms with Crippen molar-refractivity contribution in [1.29, 1.82) is 0 Å². The van der Waals surface area contributed by atoms with Gasteiger partial charge in [-0.25, -0.2) is 0 Å². The van der Waals surface area contributed by atoms with E-state index >= 15 is 0 Å². The number of Topliss-reactive ketones (excluding diaryl/α,β-unsaturated/α-hetero) is 1. The highest BCUT2D eigenvalue weighted by Gasteiger charge is 2.27. The number of carbonyl (C=O) groups excluding carboxylic acids is 4. The minimum atomic E-state index is -1.03. The molecule has 0 radical (unpaired) electrons. The number of amides is 3. The average molecular weight is 471 g/mol. The molecule has 0 saturated heterocycles. The fraction of sp³-hybridized carbons (Fsp3) is 0.783. The number of hydrogen-bond acceptors (Lipinski definition) is 6. The number of carbonyl (C=O) groups is 5. The highest BCUT2D eigenvalue weighted by Crippen LogP contribution is 2.09. The van der Waals surface area contributed by atoms with Gasteiger partial charge in [-0.05, 0) is 45.6 Å². The van der Waals surface area contributed by atoms with E-state index < -0.39 is 30.0 Å². The molecule has 3 amide bonds. The van der Waals surface area contributed by atoms with Crippen LogP contribution < -0.4 is 21.3 Å². The van der Waals surface area contributed by atoms with Crippen molar-refractivity contribution in [3.05, 3.63) is 0 Å². The highest BCUT2D eigenvalue weighted by molar-refractivity contribution is 5.94. The van der Waals surface area contributed by atoms with Gasteiger partial charge in [0.25, 0.3) is 0 Å². The summed E-state index contributed by atoms with van der Waals surface area (Å²) in [5.41, 5.74) is 0. The van der Waals surface area contributed by atoms with Crippen molar-refractivity contribution in [1.82, 2.24) is 21.3 Å². The Bertz CT molecular complexity index is 665. The number of rotatable bonds is 17. The number of hydrogen-bond donors (Lipinski definition) is 5. The zero-order valence-corrected chi connectivity index (χ0v) is 20.8. The van der Waals surface area contributed by atoms with Crippen LogP contribution in [0.25, 0.3) is 0 Å². The second kappa shape index (κ2) is 16.2. The molecule has 0 aromatic rings. The third-order valence-corrected chi connectivity index (χ3v) is 5.16. The highest BCUT2D eigenvalue weighted by atomic mass is 16.4. The summed E-state index contributed by atoms with van der Waals surface area (Å²) in [5.74, 6) is -2.10. The first kappa shape index (κ1) is 30.5. The Morgan fingerprint density at radius 1 is 0.818 bits per heavy atom. The van der Waals surface area contributed by atoms with Gasteiger partial charge in [0.05, 0.1) is 18.5 Å². The number of carboxylic acid groups (broad SMARTS) is 1. The molecule has 0 aliphatic carbocycles. The third kappa shape index (κ3) is 13.6. The normalized spacial score (nSPS) is 13.8. The molecule has 0 bridgehead atoms. The fourth-order valence-corrected chi connectivity index (χ4v) is 3.20. The van der Waals surface area contributed by atoms with Crippen molar-refractivity contribution < 1.29 is 29.1 Å². The molecule has 0 fully saturated rings. The molecular weight excluding hydrogens is 428 g/mol. The quantitative estimate of drug-likeness (QED) is 0.199. The Balaban J connectivity index is 4.70. The number of ketones is 1. The molecule has 33 heavy (non-hydrogen) atoms. The van der Waals surface area contributed by atoms with Gasteiger partial charge in [-0.2, -0.15) is 0 Å². The van der Waals surface area contributed by atoms with Crippen LogP contribution in [-0.4, -0.2) is 66.3 Å². The standard InChI is InChI=1S/C23H42N4O6/c1-14(2)13-18(24-6)23(33)26-16(5)22(32)27-17(21(31)15(3)4)9-7-8-12-25-19(28)10-11-20(29)30/h14-18,24H,7-13H2,1-6H3,(H,25,28)(H,26,33)(H,27,32)(H,29,30)/t16?,17-,18-/m0/s1. The molecule has 0 aliphatic heterocycles. The summed E-state index contributed by atoms with van der Waals surface area (Å²) in [5, 5.41) is 19.7. The zero-order valence-electron chi connectivity index (χ0n) is 20.8. The zero-order chi connectivity index (χ0) is 25.6. The molecular formula is C23H42N4O6. The minimum Gasteiger partial charge on any atom is -0.481 e. The van der Waals surface area contributed by atoms with E-state index in [-0.39, 0.29) is 36.4 Å². The van der Waals surface area contributed by atoms with Gasteiger partial charge >= 0.3 is 5.97 Å². The van der Waals surface area contributed by atoms with E-state index in [1.165, 1.54) is 0 Å². The summed E-state index contributed by atoms with van der Waals surface area (Å²) < 4.78 is 0. The summed E-state index contributed by atoms with van der Waals surface area (Å²) in [6.07, 6.45) is 1.92. The Morgan fingerprint density at radius 2 is 1.45 bits per heavy atom. The Morgan fingerprint density at radius 3 is 1.97 bits per heavy atom. The maximum atomic E-state index is 12.7. The van der Waals surface area contributed by atoms with E-state index in [0.29, 0.717) is 38.1 Å². The lowest BCUT2D eigenvalue weighted by Gasteiger charge is -2.24. The molecule has 0 aromatic carbocycles. The van der Waals surface area contributed by atoms with Crippen LogP contribution in [-0.2, 0) is 24.0 Å². The van der Waals surface area contributed by atoms with Gasteiger partial charge in [-0.1, -0.05) is 27.7 Å². The van der Waals surface area contributed by atoms with E-state index in [2.05, 4.69) is 21.3 Å². The first-order valence-corrected chi connectivity index (χ1v) is 11.7. The van der Waals surface area contributed by atoms with Crippen LogP contribution in [0.1, 0.15) is 73.1 Å². The molecule has 10 heteroatoms. The van der Waals surface area contributed by atoms with E-state index in [1.807, 2.05) is 13.8 Å². The van der Waals surface area contributed by atoms with E-state index in [1.54, 1.807) is 27.8 Å². The van der Waals surface area contributed by atoms with Gasteiger partial charge in [0.1, 0.15) is 6.04 Å². The molecule has 3 atom stereocenters. The second-order valence-corrected chi connectivity index (χ2v) is 9.06. The van der Waals surface area contributed by atoms with Crippen molar-refractivity contribution in [3.8, 4) is 0 Å². The van der Waals surface area contributed by atoms with Gasteiger partial charge in [-0.3, -0.25) is 24.0 Å². The molecule has 190 valence electrons. The van der Waals surface area contributed by atoms with Gasteiger partial charge in [0.15, 0.2) is 5.78 Å². The lowest BCUT2D eigenvalue weighted by molar-refractivity contribution is -0.138. The smallest absolute Gasteiger partial charge is 0.303 e. The van der Waals surface area contributed by atoms with Crippen LogP contribution in [0.5, 0.6) is 0 Å². The SMILES string of the molecule is CN[C@@H](CC(C)C)C(=O)NC(C)C(=O)N[C@@H](CCCCNC(=O)CCC(=O)O)C(=O)C(C)C. The monoisotopic (exact) mass is 470 g/mol. The largest absolute Gasteiger partial charge is 0.481 e. The molecule has 0 rings (SSSR count). The van der Waals surface area contributed by atoms with Crippen molar-refractivity contribution >= 4 is 29.5 Å². The van der Waals surface area contributed by atoms with E-state index in [9.17, 15) is 24.0 Å². The maximum Gasteiger partial charge on any atom is 0.303 e. The lowest BCUT2D eigenvalue weighted by Crippen LogP contribution is -2.54. The molecule has 0 spiro atoms. The van der Waals surface area contributed by atoms with Gasteiger partial charge < -0.3 is 26.4 Å². The first-order valence-electron chi connectivity index (χ1n) is 11.7.